The lowest BCUT2D eigenvalue weighted by atomic mass is 9.89. The van der Waals surface area contributed by atoms with Crippen LogP contribution >= 0.6 is 15.9 Å². The number of ether oxygens (including phenoxy) is 1. The largest absolute Gasteiger partial charge is 0.392 e. The molecule has 1 rings (SSSR count). The van der Waals surface area contributed by atoms with E-state index in [4.69, 9.17) is 4.74 Å². The van der Waals surface area contributed by atoms with Crippen LogP contribution in [-0.2, 0) is 4.74 Å². The molecule has 0 spiro atoms. The van der Waals surface area contributed by atoms with Gasteiger partial charge in [0, 0.05) is 6.42 Å². The molecule has 18 heavy (non-hydrogen) atoms. The number of rotatable bonds is 5. The van der Waals surface area contributed by atoms with Crippen LogP contribution in [0.1, 0.15) is 32.6 Å². The summed E-state index contributed by atoms with van der Waals surface area (Å²) >= 11 is 2.96. The Bertz CT molecular complexity index is 278. The predicted molar refractivity (Wildman–Crippen MR) is 66.9 cm³/mol. The Kier molecular flexibility index (Phi) is 5.55. The number of hydrogen-bond donors (Lipinski definition) is 5. The molecule has 5 N–H and O–H groups in total. The second kappa shape index (κ2) is 6.13. The molecule has 6 nitrogen and oxygen atoms in total. The first-order chi connectivity index (χ1) is 8.30. The number of aliphatic hydroxyl groups excluding tert-OH is 4. The van der Waals surface area contributed by atoms with Crippen molar-refractivity contribution in [2.45, 2.75) is 61.2 Å². The van der Waals surface area contributed by atoms with Crippen LogP contribution in [0.3, 0.4) is 0 Å². The van der Waals surface area contributed by atoms with Crippen LogP contribution in [-0.4, -0.2) is 60.7 Å². The molecule has 1 fully saturated rings. The van der Waals surface area contributed by atoms with Crippen LogP contribution in [0.5, 0.6) is 0 Å². The number of unbranched alkanes of at least 4 members (excludes halogenated alkanes) is 2. The maximum Gasteiger partial charge on any atom is 0.196 e. The van der Waals surface area contributed by atoms with Crippen molar-refractivity contribution < 1.29 is 30.3 Å². The monoisotopic (exact) mass is 328 g/mol. The van der Waals surface area contributed by atoms with Crippen molar-refractivity contribution in [1.29, 1.82) is 0 Å². The maximum atomic E-state index is 10.2. The first-order valence-corrected chi connectivity index (χ1v) is 6.86. The van der Waals surface area contributed by atoms with E-state index in [9.17, 15) is 25.5 Å². The fourth-order valence-electron chi connectivity index (χ4n) is 2.06. The van der Waals surface area contributed by atoms with E-state index >= 15 is 0 Å². The molecular weight excluding hydrogens is 308 g/mol. The summed E-state index contributed by atoms with van der Waals surface area (Å²) in [6.45, 7) is 1.34. The van der Waals surface area contributed by atoms with E-state index in [0.717, 1.165) is 12.8 Å². The molecule has 5 atom stereocenters. The third-order valence-corrected chi connectivity index (χ3v) is 4.13. The molecule has 1 aliphatic rings. The average Bonchev–Trinajstić information content (AvgIpc) is 2.34. The lowest BCUT2D eigenvalue weighted by molar-refractivity contribution is -0.359. The summed E-state index contributed by atoms with van der Waals surface area (Å²) in [5.74, 6) is -1.99. The van der Waals surface area contributed by atoms with Gasteiger partial charge in [-0.2, -0.15) is 0 Å². The average molecular weight is 329 g/mol. The second-order valence-corrected chi connectivity index (χ2v) is 6.07. The smallest absolute Gasteiger partial charge is 0.196 e. The molecule has 0 aliphatic carbocycles. The second-order valence-electron chi connectivity index (χ2n) is 4.73. The molecule has 0 amide bonds. The van der Waals surface area contributed by atoms with E-state index in [1.165, 1.54) is 0 Å². The highest BCUT2D eigenvalue weighted by Crippen LogP contribution is 2.41. The van der Waals surface area contributed by atoms with E-state index in [-0.39, 0.29) is 6.42 Å². The summed E-state index contributed by atoms with van der Waals surface area (Å²) in [7, 11) is 0. The SMILES string of the molecule is CCCCCC1(O)O[C@](Br)(CO)[C@H](O)[C@H](O)[C@H]1O. The van der Waals surface area contributed by atoms with Crippen molar-refractivity contribution in [2.75, 3.05) is 6.61 Å². The van der Waals surface area contributed by atoms with Crippen LogP contribution in [0.4, 0.5) is 0 Å². The third-order valence-electron chi connectivity index (χ3n) is 3.25. The van der Waals surface area contributed by atoms with Gasteiger partial charge < -0.3 is 30.3 Å². The molecule has 7 heteroatoms. The molecule has 0 bridgehead atoms. The Hall–Kier alpha value is 0.240. The van der Waals surface area contributed by atoms with Crippen LogP contribution in [0.25, 0.3) is 0 Å². The third kappa shape index (κ3) is 3.04. The highest BCUT2D eigenvalue weighted by Gasteiger charge is 2.58. The van der Waals surface area contributed by atoms with Gasteiger partial charge in [-0.1, -0.05) is 19.8 Å². The van der Waals surface area contributed by atoms with Gasteiger partial charge in [-0.05, 0) is 22.4 Å². The summed E-state index contributed by atoms with van der Waals surface area (Å²) in [4.78, 5) is 0. The minimum absolute atomic E-state index is 0.110. The molecule has 0 aromatic heterocycles. The standard InChI is InChI=1S/C11H21BrO6/c1-2-3-4-5-11(17)9(16)7(14)8(15)10(12,6-13)18-11/h7-9,13-17H,2-6H2,1H3/t7-,8+,9+,10+,11?/m0/s1. The number of halogens is 1. The Balaban J connectivity index is 2.84. The van der Waals surface area contributed by atoms with Crippen LogP contribution < -0.4 is 0 Å². The topological polar surface area (TPSA) is 110 Å². The summed E-state index contributed by atoms with van der Waals surface area (Å²) in [5, 5.41) is 48.7. The lowest BCUT2D eigenvalue weighted by Gasteiger charge is -2.49. The van der Waals surface area contributed by atoms with E-state index in [2.05, 4.69) is 15.9 Å². The summed E-state index contributed by atoms with van der Waals surface area (Å²) in [5.41, 5.74) is 0. The number of aliphatic hydroxyl groups is 5. The summed E-state index contributed by atoms with van der Waals surface area (Å²) in [6.07, 6.45) is -2.29. The fraction of sp³-hybridized carbons (Fsp3) is 1.00. The molecule has 1 heterocycles. The van der Waals surface area contributed by atoms with Crippen molar-refractivity contribution >= 4 is 15.9 Å². The molecule has 0 saturated carbocycles. The first kappa shape index (κ1) is 16.3. The van der Waals surface area contributed by atoms with Gasteiger partial charge in [0.2, 0.25) is 0 Å². The maximum absolute atomic E-state index is 10.2. The van der Waals surface area contributed by atoms with Gasteiger partial charge in [0.15, 0.2) is 10.3 Å². The molecule has 1 saturated heterocycles. The normalized spacial score (nSPS) is 45.2. The molecule has 1 unspecified atom stereocenters. The molecule has 1 aliphatic heterocycles. The van der Waals surface area contributed by atoms with Gasteiger partial charge in [-0.25, -0.2) is 0 Å². The van der Waals surface area contributed by atoms with Gasteiger partial charge in [0.05, 0.1) is 6.61 Å². The van der Waals surface area contributed by atoms with Crippen LogP contribution in [0.15, 0.2) is 0 Å². The molecule has 108 valence electrons. The van der Waals surface area contributed by atoms with E-state index in [1.54, 1.807) is 0 Å². The number of alkyl halides is 1. The van der Waals surface area contributed by atoms with Crippen molar-refractivity contribution in [3.05, 3.63) is 0 Å². The van der Waals surface area contributed by atoms with Gasteiger partial charge in [0.25, 0.3) is 0 Å². The highest BCUT2D eigenvalue weighted by molar-refractivity contribution is 9.10. The lowest BCUT2D eigenvalue weighted by Crippen LogP contribution is -2.68. The Morgan fingerprint density at radius 3 is 2.28 bits per heavy atom. The van der Waals surface area contributed by atoms with E-state index in [1.807, 2.05) is 6.92 Å². The van der Waals surface area contributed by atoms with Gasteiger partial charge in [-0.3, -0.25) is 0 Å². The predicted octanol–water partition coefficient (Wildman–Crippen LogP) is -0.548. The minimum atomic E-state index is -1.99. The van der Waals surface area contributed by atoms with Crippen molar-refractivity contribution in [3.63, 3.8) is 0 Å². The number of hydrogen-bond acceptors (Lipinski definition) is 6. The summed E-state index contributed by atoms with van der Waals surface area (Å²) < 4.78 is 3.54. The Morgan fingerprint density at radius 2 is 1.78 bits per heavy atom. The van der Waals surface area contributed by atoms with Crippen LogP contribution in [0, 0.1) is 0 Å². The first-order valence-electron chi connectivity index (χ1n) is 6.07. The zero-order chi connectivity index (χ0) is 14.0. The Labute approximate surface area is 114 Å². The zero-order valence-corrected chi connectivity index (χ0v) is 11.9. The van der Waals surface area contributed by atoms with Gasteiger partial charge in [0.1, 0.15) is 18.3 Å². The van der Waals surface area contributed by atoms with Gasteiger partial charge in [-0.15, -0.1) is 0 Å². The molecule has 0 aromatic rings. The van der Waals surface area contributed by atoms with Crippen molar-refractivity contribution in [2.24, 2.45) is 0 Å². The highest BCUT2D eigenvalue weighted by atomic mass is 79.9. The Morgan fingerprint density at radius 1 is 1.17 bits per heavy atom. The summed E-state index contributed by atoms with van der Waals surface area (Å²) in [6, 6.07) is 0. The van der Waals surface area contributed by atoms with E-state index < -0.39 is 35.2 Å². The fourth-order valence-corrected chi connectivity index (χ4v) is 2.61. The van der Waals surface area contributed by atoms with Crippen molar-refractivity contribution in [1.82, 2.24) is 0 Å². The molecule has 0 aromatic carbocycles. The van der Waals surface area contributed by atoms with E-state index in [0.29, 0.717) is 6.42 Å². The molecule has 0 radical (unpaired) electrons. The van der Waals surface area contributed by atoms with Crippen molar-refractivity contribution in [3.8, 4) is 0 Å². The van der Waals surface area contributed by atoms with Crippen LogP contribution in [0.2, 0.25) is 0 Å². The zero-order valence-electron chi connectivity index (χ0n) is 10.3. The molecular formula is C11H21BrO6. The quantitative estimate of drug-likeness (QED) is 0.342. The minimum Gasteiger partial charge on any atom is -0.392 e. The van der Waals surface area contributed by atoms with Gasteiger partial charge >= 0.3 is 0 Å².